The Labute approximate surface area is 152 Å². The highest BCUT2D eigenvalue weighted by Crippen LogP contribution is 2.27. The molecule has 1 saturated heterocycles. The Morgan fingerprint density at radius 1 is 1.37 bits per heavy atom. The van der Waals surface area contributed by atoms with Gasteiger partial charge in [0.2, 0.25) is 0 Å². The maximum atomic E-state index is 12.8. The first-order valence-electron chi connectivity index (χ1n) is 8.05. The van der Waals surface area contributed by atoms with Crippen LogP contribution in [-0.4, -0.2) is 46.7 Å². The minimum atomic E-state index is -2.82. The molecule has 1 aliphatic heterocycles. The van der Waals surface area contributed by atoms with Gasteiger partial charge in [-0.05, 0) is 6.07 Å². The second-order valence-electron chi connectivity index (χ2n) is 5.66. The van der Waals surface area contributed by atoms with Gasteiger partial charge < -0.3 is 14.4 Å². The molecule has 0 amide bonds. The summed E-state index contributed by atoms with van der Waals surface area (Å²) in [6, 6.07) is 3.89. The van der Waals surface area contributed by atoms with Gasteiger partial charge in [0, 0.05) is 37.6 Å². The van der Waals surface area contributed by atoms with E-state index in [2.05, 4.69) is 4.98 Å². The first-order chi connectivity index (χ1) is 13.0. The first-order valence-corrected chi connectivity index (χ1v) is 8.05. The third-order valence-corrected chi connectivity index (χ3v) is 4.05. The van der Waals surface area contributed by atoms with Crippen LogP contribution in [0.4, 0.5) is 20.2 Å². The smallest absolute Gasteiger partial charge is 0.340 e. The van der Waals surface area contributed by atoms with Gasteiger partial charge in [0.15, 0.2) is 5.82 Å². The van der Waals surface area contributed by atoms with E-state index in [0.717, 1.165) is 12.3 Å². The molecule has 27 heavy (non-hydrogen) atoms. The summed E-state index contributed by atoms with van der Waals surface area (Å²) in [6.07, 6.45) is 2.24. The quantitative estimate of drug-likeness (QED) is 0.430. The van der Waals surface area contributed by atoms with Gasteiger partial charge >= 0.3 is 12.5 Å². The van der Waals surface area contributed by atoms with Crippen molar-refractivity contribution in [3.63, 3.8) is 0 Å². The van der Waals surface area contributed by atoms with E-state index in [-0.39, 0.29) is 17.1 Å². The number of halogens is 2. The van der Waals surface area contributed by atoms with Gasteiger partial charge in [0.1, 0.15) is 6.61 Å². The Hall–Kier alpha value is -3.08. The first kappa shape index (κ1) is 18.7. The maximum Gasteiger partial charge on any atom is 0.340 e. The SMILES string of the molecule is O=C(OCc1nccn1C(F)F)c1cc([N+](=O)[O-])ccc1N1CCOCC1. The number of carbonyl (C=O) groups excluding carboxylic acids is 1. The number of ether oxygens (including phenoxy) is 2. The normalized spacial score (nSPS) is 14.4. The second kappa shape index (κ2) is 8.08. The van der Waals surface area contributed by atoms with Gasteiger partial charge in [0.25, 0.3) is 5.69 Å². The van der Waals surface area contributed by atoms with Crippen LogP contribution in [0.15, 0.2) is 30.6 Å². The number of hydrogen-bond donors (Lipinski definition) is 0. The number of anilines is 1. The molecule has 0 atom stereocenters. The van der Waals surface area contributed by atoms with Crippen molar-refractivity contribution in [2.45, 2.75) is 13.2 Å². The van der Waals surface area contributed by atoms with Crippen LogP contribution in [0, 0.1) is 10.1 Å². The summed E-state index contributed by atoms with van der Waals surface area (Å²) in [5.41, 5.74) is 0.181. The van der Waals surface area contributed by atoms with Gasteiger partial charge in [-0.1, -0.05) is 0 Å². The number of hydrogen-bond acceptors (Lipinski definition) is 7. The van der Waals surface area contributed by atoms with Crippen molar-refractivity contribution in [1.82, 2.24) is 9.55 Å². The molecule has 0 spiro atoms. The molecule has 1 aliphatic rings. The van der Waals surface area contributed by atoms with Crippen LogP contribution in [0.3, 0.4) is 0 Å². The summed E-state index contributed by atoms with van der Waals surface area (Å²) in [7, 11) is 0. The zero-order valence-corrected chi connectivity index (χ0v) is 14.1. The molecule has 0 unspecified atom stereocenters. The van der Waals surface area contributed by atoms with E-state index in [1.165, 1.54) is 18.3 Å². The van der Waals surface area contributed by atoms with Crippen molar-refractivity contribution in [3.05, 3.63) is 52.1 Å². The van der Waals surface area contributed by atoms with Crippen LogP contribution in [0.2, 0.25) is 0 Å². The Kier molecular flexibility index (Phi) is 5.60. The third-order valence-electron chi connectivity index (χ3n) is 4.05. The van der Waals surface area contributed by atoms with Crippen LogP contribution in [0.5, 0.6) is 0 Å². The summed E-state index contributed by atoms with van der Waals surface area (Å²) >= 11 is 0. The highest BCUT2D eigenvalue weighted by molar-refractivity contribution is 5.96. The number of non-ortho nitro benzene ring substituents is 1. The Balaban J connectivity index is 1.83. The van der Waals surface area contributed by atoms with Crippen molar-refractivity contribution in [2.75, 3.05) is 31.2 Å². The minimum Gasteiger partial charge on any atom is -0.454 e. The van der Waals surface area contributed by atoms with E-state index >= 15 is 0 Å². The lowest BCUT2D eigenvalue weighted by Gasteiger charge is -2.30. The number of rotatable bonds is 6. The predicted molar refractivity (Wildman–Crippen MR) is 88.7 cm³/mol. The topological polar surface area (TPSA) is 99.7 Å². The highest BCUT2D eigenvalue weighted by atomic mass is 19.3. The Bertz CT molecular complexity index is 836. The number of aromatic nitrogens is 2. The molecule has 2 heterocycles. The van der Waals surface area contributed by atoms with E-state index in [4.69, 9.17) is 9.47 Å². The number of imidazole rings is 1. The molecule has 1 fully saturated rings. The zero-order valence-electron chi connectivity index (χ0n) is 14.1. The molecular formula is C16H16F2N4O5. The van der Waals surface area contributed by atoms with Crippen molar-refractivity contribution < 1.29 is 28.0 Å². The molecule has 11 heteroatoms. The van der Waals surface area contributed by atoms with E-state index in [1.54, 1.807) is 0 Å². The highest BCUT2D eigenvalue weighted by Gasteiger charge is 2.23. The van der Waals surface area contributed by atoms with Crippen LogP contribution < -0.4 is 4.90 Å². The number of nitro groups is 1. The predicted octanol–water partition coefficient (Wildman–Crippen LogP) is 2.38. The number of morpholine rings is 1. The van der Waals surface area contributed by atoms with Crippen molar-refractivity contribution in [1.29, 1.82) is 0 Å². The average molecular weight is 382 g/mol. The van der Waals surface area contributed by atoms with E-state index < -0.39 is 24.0 Å². The van der Waals surface area contributed by atoms with Crippen molar-refractivity contribution in [3.8, 4) is 0 Å². The molecule has 0 N–H and O–H groups in total. The third kappa shape index (κ3) is 4.19. The fraction of sp³-hybridized carbons (Fsp3) is 0.375. The van der Waals surface area contributed by atoms with Crippen LogP contribution in [-0.2, 0) is 16.1 Å². The maximum absolute atomic E-state index is 12.8. The Morgan fingerprint density at radius 3 is 2.78 bits per heavy atom. The molecule has 2 aromatic rings. The van der Waals surface area contributed by atoms with Crippen molar-refractivity contribution >= 4 is 17.3 Å². The van der Waals surface area contributed by atoms with Gasteiger partial charge in [-0.25, -0.2) is 9.78 Å². The summed E-state index contributed by atoms with van der Waals surface area (Å²) in [5, 5.41) is 11.1. The number of esters is 1. The molecule has 0 aliphatic carbocycles. The van der Waals surface area contributed by atoms with Crippen molar-refractivity contribution in [2.24, 2.45) is 0 Å². The lowest BCUT2D eigenvalue weighted by molar-refractivity contribution is -0.384. The average Bonchev–Trinajstić information content (AvgIpc) is 3.15. The monoisotopic (exact) mass is 382 g/mol. The molecule has 9 nitrogen and oxygen atoms in total. The lowest BCUT2D eigenvalue weighted by Crippen LogP contribution is -2.37. The van der Waals surface area contributed by atoms with Gasteiger partial charge in [-0.15, -0.1) is 0 Å². The van der Waals surface area contributed by atoms with E-state index in [0.29, 0.717) is 36.6 Å². The van der Waals surface area contributed by atoms with Crippen LogP contribution in [0.1, 0.15) is 22.7 Å². The molecule has 0 saturated carbocycles. The molecule has 144 valence electrons. The molecular weight excluding hydrogens is 366 g/mol. The molecule has 1 aromatic heterocycles. The molecule has 1 aromatic carbocycles. The fourth-order valence-corrected chi connectivity index (χ4v) is 2.72. The van der Waals surface area contributed by atoms with E-state index in [9.17, 15) is 23.7 Å². The number of benzene rings is 1. The summed E-state index contributed by atoms with van der Waals surface area (Å²) in [6.45, 7) is -1.37. The number of alkyl halides is 2. The number of carbonyl (C=O) groups is 1. The summed E-state index contributed by atoms with van der Waals surface area (Å²) < 4.78 is 36.6. The zero-order chi connectivity index (χ0) is 19.4. The standard InChI is InChI=1S/C16H16F2N4O5/c17-16(18)21-4-3-19-14(21)10-27-15(23)12-9-11(22(24)25)1-2-13(12)20-5-7-26-8-6-20/h1-4,9,16H,5-8,10H2. The van der Waals surface area contributed by atoms with Gasteiger partial charge in [0.05, 0.1) is 29.4 Å². The van der Waals surface area contributed by atoms with Gasteiger partial charge in [-0.2, -0.15) is 8.78 Å². The second-order valence-corrected chi connectivity index (χ2v) is 5.66. The molecule has 0 radical (unpaired) electrons. The van der Waals surface area contributed by atoms with Crippen LogP contribution in [0.25, 0.3) is 0 Å². The van der Waals surface area contributed by atoms with E-state index in [1.807, 2.05) is 4.90 Å². The van der Waals surface area contributed by atoms with Crippen LogP contribution >= 0.6 is 0 Å². The summed E-state index contributed by atoms with van der Waals surface area (Å²) in [5.74, 6) is -0.985. The number of nitrogens with zero attached hydrogens (tertiary/aromatic N) is 4. The minimum absolute atomic E-state index is 0.0127. The number of nitro benzene ring substituents is 1. The molecule has 3 rings (SSSR count). The largest absolute Gasteiger partial charge is 0.454 e. The van der Waals surface area contributed by atoms with Gasteiger partial charge in [-0.3, -0.25) is 14.7 Å². The summed E-state index contributed by atoms with van der Waals surface area (Å²) in [4.78, 5) is 28.5. The molecule has 0 bridgehead atoms. The fourth-order valence-electron chi connectivity index (χ4n) is 2.72. The Morgan fingerprint density at radius 2 is 2.11 bits per heavy atom. The lowest BCUT2D eigenvalue weighted by atomic mass is 10.1.